The standard InChI is InChI=1S/C18H13ClFN3O/c19-13-2-1-10(7-14(13)20)16-8-11(3-5-21-16)17-9-12-15(23-17)4-6-22-18(12)24/h1-3,5,7-9,23H,4,6H2,(H,22,24). The summed E-state index contributed by atoms with van der Waals surface area (Å²) in [6, 6.07) is 10.2. The molecule has 0 bridgehead atoms. The van der Waals surface area contributed by atoms with Crippen LogP contribution in [0.2, 0.25) is 5.02 Å². The molecule has 2 N–H and O–H groups in total. The molecule has 4 nitrogen and oxygen atoms in total. The van der Waals surface area contributed by atoms with E-state index >= 15 is 0 Å². The maximum atomic E-state index is 13.7. The van der Waals surface area contributed by atoms with Crippen molar-refractivity contribution >= 4 is 17.5 Å². The van der Waals surface area contributed by atoms with Gasteiger partial charge < -0.3 is 10.3 Å². The average molecular weight is 342 g/mol. The van der Waals surface area contributed by atoms with Gasteiger partial charge in [-0.3, -0.25) is 9.78 Å². The molecule has 0 fully saturated rings. The highest BCUT2D eigenvalue weighted by Gasteiger charge is 2.20. The Kier molecular flexibility index (Phi) is 3.58. The van der Waals surface area contributed by atoms with Gasteiger partial charge in [0.2, 0.25) is 0 Å². The fourth-order valence-electron chi connectivity index (χ4n) is 2.86. The molecule has 0 unspecified atom stereocenters. The summed E-state index contributed by atoms with van der Waals surface area (Å²) in [5, 5.41) is 2.91. The number of fused-ring (bicyclic) bond motifs is 1. The van der Waals surface area contributed by atoms with Gasteiger partial charge in [0.05, 0.1) is 16.3 Å². The third-order valence-electron chi connectivity index (χ3n) is 4.09. The zero-order chi connectivity index (χ0) is 16.7. The van der Waals surface area contributed by atoms with E-state index in [0.717, 1.165) is 23.4 Å². The number of hydrogen-bond donors (Lipinski definition) is 2. The summed E-state index contributed by atoms with van der Waals surface area (Å²) in [6.45, 7) is 0.636. The van der Waals surface area contributed by atoms with E-state index in [1.165, 1.54) is 12.1 Å². The number of H-pyrrole nitrogens is 1. The molecule has 3 heterocycles. The van der Waals surface area contributed by atoms with E-state index < -0.39 is 5.82 Å². The number of pyridine rings is 1. The molecule has 0 spiro atoms. The second kappa shape index (κ2) is 5.76. The van der Waals surface area contributed by atoms with Crippen LogP contribution >= 0.6 is 11.6 Å². The van der Waals surface area contributed by atoms with Crippen molar-refractivity contribution in [2.24, 2.45) is 0 Å². The summed E-state index contributed by atoms with van der Waals surface area (Å²) in [6.07, 6.45) is 2.44. The Balaban J connectivity index is 1.75. The van der Waals surface area contributed by atoms with Crippen LogP contribution in [0, 0.1) is 5.82 Å². The van der Waals surface area contributed by atoms with E-state index in [2.05, 4.69) is 15.3 Å². The first kappa shape index (κ1) is 14.9. The highest BCUT2D eigenvalue weighted by Crippen LogP contribution is 2.28. The molecule has 4 rings (SSSR count). The Morgan fingerprint density at radius 2 is 2.00 bits per heavy atom. The molecule has 3 aromatic rings. The molecule has 6 heteroatoms. The Hall–Kier alpha value is -2.66. The SMILES string of the molecule is O=C1NCCc2[nH]c(-c3ccnc(-c4ccc(Cl)c(F)c4)c3)cc21. The summed E-state index contributed by atoms with van der Waals surface area (Å²) < 4.78 is 13.7. The number of hydrogen-bond acceptors (Lipinski definition) is 2. The molecular formula is C18H13ClFN3O. The predicted octanol–water partition coefficient (Wildman–Crippen LogP) is 3.82. The van der Waals surface area contributed by atoms with Crippen LogP contribution in [0.3, 0.4) is 0 Å². The highest BCUT2D eigenvalue weighted by molar-refractivity contribution is 6.30. The minimum atomic E-state index is -0.478. The maximum Gasteiger partial charge on any atom is 0.253 e. The van der Waals surface area contributed by atoms with Crippen molar-refractivity contribution in [3.8, 4) is 22.5 Å². The lowest BCUT2D eigenvalue weighted by Crippen LogP contribution is -2.31. The van der Waals surface area contributed by atoms with Crippen molar-refractivity contribution in [3.63, 3.8) is 0 Å². The second-order valence-electron chi connectivity index (χ2n) is 5.64. The van der Waals surface area contributed by atoms with E-state index in [1.807, 2.05) is 18.2 Å². The summed E-state index contributed by atoms with van der Waals surface area (Å²) >= 11 is 5.73. The average Bonchev–Trinajstić information content (AvgIpc) is 3.03. The predicted molar refractivity (Wildman–Crippen MR) is 90.5 cm³/mol. The number of aromatic nitrogens is 2. The maximum absolute atomic E-state index is 13.7. The number of nitrogens with one attached hydrogen (secondary N) is 2. The zero-order valence-electron chi connectivity index (χ0n) is 12.6. The summed E-state index contributed by atoms with van der Waals surface area (Å²) in [5.74, 6) is -0.541. The molecule has 2 aromatic heterocycles. The fourth-order valence-corrected chi connectivity index (χ4v) is 2.98. The van der Waals surface area contributed by atoms with Gasteiger partial charge in [0.15, 0.2) is 0 Å². The highest BCUT2D eigenvalue weighted by atomic mass is 35.5. The van der Waals surface area contributed by atoms with E-state index in [-0.39, 0.29) is 10.9 Å². The summed E-state index contributed by atoms with van der Waals surface area (Å²) in [5.41, 5.74) is 4.62. The minimum absolute atomic E-state index is 0.0622. The Bertz CT molecular complexity index is 951. The number of benzene rings is 1. The largest absolute Gasteiger partial charge is 0.358 e. The number of amides is 1. The van der Waals surface area contributed by atoms with Crippen molar-refractivity contribution in [1.82, 2.24) is 15.3 Å². The molecule has 0 saturated carbocycles. The number of rotatable bonds is 2. The fraction of sp³-hybridized carbons (Fsp3) is 0.111. The first-order valence-corrected chi connectivity index (χ1v) is 7.91. The molecule has 1 aromatic carbocycles. The lowest BCUT2D eigenvalue weighted by atomic mass is 10.1. The van der Waals surface area contributed by atoms with E-state index in [1.54, 1.807) is 12.3 Å². The lowest BCUT2D eigenvalue weighted by molar-refractivity contribution is 0.0946. The van der Waals surface area contributed by atoms with E-state index in [4.69, 9.17) is 11.6 Å². The van der Waals surface area contributed by atoms with Gasteiger partial charge in [-0.25, -0.2) is 4.39 Å². The zero-order valence-corrected chi connectivity index (χ0v) is 13.3. The smallest absolute Gasteiger partial charge is 0.253 e. The van der Waals surface area contributed by atoms with E-state index in [9.17, 15) is 9.18 Å². The molecule has 0 radical (unpaired) electrons. The van der Waals surface area contributed by atoms with Crippen LogP contribution in [-0.2, 0) is 6.42 Å². The van der Waals surface area contributed by atoms with Crippen LogP contribution in [0.1, 0.15) is 16.1 Å². The normalized spacial score (nSPS) is 13.5. The minimum Gasteiger partial charge on any atom is -0.358 e. The molecule has 0 atom stereocenters. The van der Waals surface area contributed by atoms with Gasteiger partial charge in [-0.15, -0.1) is 0 Å². The van der Waals surface area contributed by atoms with E-state index in [0.29, 0.717) is 23.4 Å². The van der Waals surface area contributed by atoms with Crippen LogP contribution in [-0.4, -0.2) is 22.4 Å². The first-order chi connectivity index (χ1) is 11.6. The first-order valence-electron chi connectivity index (χ1n) is 7.54. The monoisotopic (exact) mass is 341 g/mol. The molecule has 24 heavy (non-hydrogen) atoms. The van der Waals surface area contributed by atoms with Crippen LogP contribution in [0.15, 0.2) is 42.6 Å². The molecule has 1 aliphatic heterocycles. The summed E-state index contributed by atoms with van der Waals surface area (Å²) in [4.78, 5) is 19.5. The van der Waals surface area contributed by atoms with Crippen LogP contribution in [0.5, 0.6) is 0 Å². The molecule has 120 valence electrons. The molecule has 0 saturated heterocycles. The molecule has 1 amide bonds. The number of aromatic amines is 1. The molecule has 0 aliphatic carbocycles. The van der Waals surface area contributed by atoms with Crippen molar-refractivity contribution in [1.29, 1.82) is 0 Å². The van der Waals surface area contributed by atoms with Gasteiger partial charge in [0.1, 0.15) is 5.82 Å². The van der Waals surface area contributed by atoms with Gasteiger partial charge in [0.25, 0.3) is 5.91 Å². The number of halogens is 2. The lowest BCUT2D eigenvalue weighted by Gasteiger charge is -2.10. The number of nitrogens with zero attached hydrogens (tertiary/aromatic N) is 1. The quantitative estimate of drug-likeness (QED) is 0.744. The van der Waals surface area contributed by atoms with Gasteiger partial charge in [0, 0.05) is 41.7 Å². The second-order valence-corrected chi connectivity index (χ2v) is 6.05. The Labute approximate surface area is 142 Å². The van der Waals surface area contributed by atoms with Crippen LogP contribution < -0.4 is 5.32 Å². The summed E-state index contributed by atoms with van der Waals surface area (Å²) in [7, 11) is 0. The van der Waals surface area contributed by atoms with Crippen LogP contribution in [0.4, 0.5) is 4.39 Å². The van der Waals surface area contributed by atoms with Gasteiger partial charge >= 0.3 is 0 Å². The Morgan fingerprint density at radius 3 is 2.79 bits per heavy atom. The van der Waals surface area contributed by atoms with Crippen molar-refractivity contribution in [2.45, 2.75) is 6.42 Å². The van der Waals surface area contributed by atoms with Crippen molar-refractivity contribution in [2.75, 3.05) is 6.54 Å². The van der Waals surface area contributed by atoms with Crippen molar-refractivity contribution in [3.05, 3.63) is 64.7 Å². The van der Waals surface area contributed by atoms with Gasteiger partial charge in [-0.05, 0) is 30.3 Å². The molecular weight excluding hydrogens is 329 g/mol. The third kappa shape index (κ3) is 2.57. The third-order valence-corrected chi connectivity index (χ3v) is 4.40. The van der Waals surface area contributed by atoms with Gasteiger partial charge in [-0.1, -0.05) is 17.7 Å². The van der Waals surface area contributed by atoms with Crippen molar-refractivity contribution < 1.29 is 9.18 Å². The number of carbonyl (C=O) groups is 1. The topological polar surface area (TPSA) is 57.8 Å². The molecule has 1 aliphatic rings. The number of carbonyl (C=O) groups excluding carboxylic acids is 1. The van der Waals surface area contributed by atoms with Gasteiger partial charge in [-0.2, -0.15) is 0 Å². The van der Waals surface area contributed by atoms with Crippen LogP contribution in [0.25, 0.3) is 22.5 Å². The Morgan fingerprint density at radius 1 is 1.12 bits per heavy atom.